The van der Waals surface area contributed by atoms with E-state index in [9.17, 15) is 0 Å². The summed E-state index contributed by atoms with van der Waals surface area (Å²) in [4.78, 5) is 5.03. The third-order valence-corrected chi connectivity index (χ3v) is 4.11. The summed E-state index contributed by atoms with van der Waals surface area (Å²) in [6, 6.07) is 3.60. The molecule has 0 aliphatic rings. The Bertz CT molecular complexity index is 747. The van der Waals surface area contributed by atoms with Crippen molar-refractivity contribution in [3.05, 3.63) is 33.6 Å². The Morgan fingerprint density at radius 3 is 2.27 bits per heavy atom. The number of hydrogen-bond acceptors (Lipinski definition) is 6. The van der Waals surface area contributed by atoms with Crippen molar-refractivity contribution in [1.29, 1.82) is 0 Å². The Hall–Kier alpha value is -2.28. The van der Waals surface area contributed by atoms with Crippen LogP contribution in [0.1, 0.15) is 11.3 Å². The number of nitrogens with zero attached hydrogens (tertiary/aromatic N) is 3. The van der Waals surface area contributed by atoms with E-state index in [-0.39, 0.29) is 0 Å². The van der Waals surface area contributed by atoms with Crippen LogP contribution in [0.5, 0.6) is 17.2 Å². The van der Waals surface area contributed by atoms with Gasteiger partial charge in [0.2, 0.25) is 4.80 Å². The molecule has 0 spiro atoms. The molecule has 0 aliphatic heterocycles. The van der Waals surface area contributed by atoms with Crippen molar-refractivity contribution in [3.8, 4) is 17.2 Å². The number of benzene rings is 1. The van der Waals surface area contributed by atoms with Crippen LogP contribution in [0.25, 0.3) is 0 Å². The Morgan fingerprint density at radius 2 is 1.68 bits per heavy atom. The first-order chi connectivity index (χ1) is 10.6. The topological polar surface area (TPSA) is 57.3 Å². The maximum absolute atomic E-state index is 5.39. The monoisotopic (exact) mass is 321 g/mol. The number of aromatic nitrogens is 1. The molecule has 6 nitrogen and oxygen atoms in total. The summed E-state index contributed by atoms with van der Waals surface area (Å²) in [5, 5.41) is 6.48. The number of aryl methyl sites for hydroxylation is 1. The van der Waals surface area contributed by atoms with Gasteiger partial charge in [0.1, 0.15) is 5.75 Å². The average molecular weight is 321 g/mol. The molecule has 0 fully saturated rings. The first-order valence-electron chi connectivity index (χ1n) is 6.59. The Labute approximate surface area is 133 Å². The quantitative estimate of drug-likeness (QED) is 0.794. The zero-order chi connectivity index (χ0) is 16.1. The van der Waals surface area contributed by atoms with E-state index in [4.69, 9.17) is 14.2 Å². The standard InChI is InChI=1S/C15H19N3O3S/c1-10-9-22-15(16-2)18(10)17-8-11-6-13(20-4)14(21-5)7-12(11)19-3/h6-9H,1-5H3. The van der Waals surface area contributed by atoms with E-state index in [1.165, 1.54) is 0 Å². The zero-order valence-electron chi connectivity index (χ0n) is 13.3. The van der Waals surface area contributed by atoms with E-state index < -0.39 is 0 Å². The minimum absolute atomic E-state index is 0.611. The summed E-state index contributed by atoms with van der Waals surface area (Å²) in [5.74, 6) is 1.89. The fourth-order valence-electron chi connectivity index (χ4n) is 1.95. The first-order valence-corrected chi connectivity index (χ1v) is 7.46. The van der Waals surface area contributed by atoms with Crippen LogP contribution in [0, 0.1) is 6.92 Å². The number of thiazole rings is 1. The van der Waals surface area contributed by atoms with Crippen molar-refractivity contribution >= 4 is 17.6 Å². The van der Waals surface area contributed by atoms with Crippen molar-refractivity contribution < 1.29 is 14.2 Å². The number of rotatable bonds is 5. The molecule has 22 heavy (non-hydrogen) atoms. The van der Waals surface area contributed by atoms with Crippen LogP contribution in [0.2, 0.25) is 0 Å². The van der Waals surface area contributed by atoms with Gasteiger partial charge in [0.05, 0.1) is 33.2 Å². The lowest BCUT2D eigenvalue weighted by Gasteiger charge is -2.11. The Morgan fingerprint density at radius 1 is 1.05 bits per heavy atom. The highest BCUT2D eigenvalue weighted by molar-refractivity contribution is 7.07. The second-order valence-corrected chi connectivity index (χ2v) is 5.23. The van der Waals surface area contributed by atoms with Crippen LogP contribution >= 0.6 is 11.3 Å². The highest BCUT2D eigenvalue weighted by atomic mass is 32.1. The number of methoxy groups -OCH3 is 3. The number of hydrogen-bond donors (Lipinski definition) is 0. The fraction of sp³-hybridized carbons (Fsp3) is 0.333. The summed E-state index contributed by atoms with van der Waals surface area (Å²) < 4.78 is 17.8. The van der Waals surface area contributed by atoms with Gasteiger partial charge in [-0.3, -0.25) is 4.99 Å². The summed E-state index contributed by atoms with van der Waals surface area (Å²) >= 11 is 1.54. The van der Waals surface area contributed by atoms with Gasteiger partial charge in [-0.05, 0) is 13.0 Å². The van der Waals surface area contributed by atoms with Crippen LogP contribution in [0.4, 0.5) is 0 Å². The lowest BCUT2D eigenvalue weighted by Crippen LogP contribution is -2.11. The molecule has 0 saturated carbocycles. The van der Waals surface area contributed by atoms with Crippen molar-refractivity contribution in [2.24, 2.45) is 10.1 Å². The molecule has 1 aromatic heterocycles. The third kappa shape index (κ3) is 3.14. The lowest BCUT2D eigenvalue weighted by atomic mass is 10.2. The van der Waals surface area contributed by atoms with Crippen molar-refractivity contribution in [2.45, 2.75) is 6.92 Å². The van der Waals surface area contributed by atoms with Crippen LogP contribution in [0.3, 0.4) is 0 Å². The SMILES string of the molecule is CN=c1scc(C)n1N=Cc1cc(OC)c(OC)cc1OC. The molecule has 7 heteroatoms. The Kier molecular flexibility index (Phi) is 5.21. The van der Waals surface area contributed by atoms with Gasteiger partial charge in [-0.25, -0.2) is 4.68 Å². The van der Waals surface area contributed by atoms with Crippen molar-refractivity contribution in [3.63, 3.8) is 0 Å². The summed E-state index contributed by atoms with van der Waals surface area (Å²) in [7, 11) is 6.53. The van der Waals surface area contributed by atoms with Gasteiger partial charge >= 0.3 is 0 Å². The largest absolute Gasteiger partial charge is 0.496 e. The summed E-state index contributed by atoms with van der Waals surface area (Å²) in [6.07, 6.45) is 1.72. The maximum atomic E-state index is 5.39. The van der Waals surface area contributed by atoms with Crippen LogP contribution in [-0.2, 0) is 0 Å². The molecule has 2 rings (SSSR count). The number of ether oxygens (including phenoxy) is 3. The van der Waals surface area contributed by atoms with Crippen molar-refractivity contribution in [1.82, 2.24) is 4.68 Å². The highest BCUT2D eigenvalue weighted by Crippen LogP contribution is 2.33. The molecule has 0 amide bonds. The maximum Gasteiger partial charge on any atom is 0.205 e. The fourth-order valence-corrected chi connectivity index (χ4v) is 2.72. The minimum atomic E-state index is 0.611. The van der Waals surface area contributed by atoms with E-state index >= 15 is 0 Å². The molecule has 2 aromatic rings. The molecule has 0 aliphatic carbocycles. The first kappa shape index (κ1) is 16.1. The predicted molar refractivity (Wildman–Crippen MR) is 87.6 cm³/mol. The molecule has 1 aromatic carbocycles. The van der Waals surface area contributed by atoms with E-state index in [1.807, 2.05) is 18.4 Å². The van der Waals surface area contributed by atoms with Crippen LogP contribution < -0.4 is 19.0 Å². The molecule has 1 heterocycles. The van der Waals surface area contributed by atoms with E-state index in [0.29, 0.717) is 17.2 Å². The van der Waals surface area contributed by atoms with Gasteiger partial charge < -0.3 is 14.2 Å². The predicted octanol–water partition coefficient (Wildman–Crippen LogP) is 2.30. The molecule has 0 saturated heterocycles. The van der Waals surface area contributed by atoms with Crippen molar-refractivity contribution in [2.75, 3.05) is 28.4 Å². The smallest absolute Gasteiger partial charge is 0.205 e. The minimum Gasteiger partial charge on any atom is -0.496 e. The molecule has 0 N–H and O–H groups in total. The lowest BCUT2D eigenvalue weighted by molar-refractivity contribution is 0.349. The highest BCUT2D eigenvalue weighted by Gasteiger charge is 2.10. The second-order valence-electron chi connectivity index (χ2n) is 4.39. The van der Waals surface area contributed by atoms with E-state index in [2.05, 4.69) is 10.1 Å². The summed E-state index contributed by atoms with van der Waals surface area (Å²) in [5.41, 5.74) is 1.81. The molecule has 0 bridgehead atoms. The van der Waals surface area contributed by atoms with Crippen LogP contribution in [0.15, 0.2) is 27.6 Å². The van der Waals surface area contributed by atoms with Crippen LogP contribution in [-0.4, -0.2) is 39.3 Å². The van der Waals surface area contributed by atoms with Gasteiger partial charge in [-0.15, -0.1) is 11.3 Å². The van der Waals surface area contributed by atoms with Gasteiger partial charge in [0, 0.05) is 24.1 Å². The van der Waals surface area contributed by atoms with Gasteiger partial charge in [-0.1, -0.05) is 0 Å². The summed E-state index contributed by atoms with van der Waals surface area (Å²) in [6.45, 7) is 1.98. The molecule has 0 atom stereocenters. The Balaban J connectivity index is 2.48. The van der Waals surface area contributed by atoms with Gasteiger partial charge in [0.15, 0.2) is 11.5 Å². The molecule has 118 valence electrons. The molecular weight excluding hydrogens is 302 g/mol. The third-order valence-electron chi connectivity index (χ3n) is 3.09. The normalized spacial score (nSPS) is 12.0. The van der Waals surface area contributed by atoms with Gasteiger partial charge in [-0.2, -0.15) is 5.10 Å². The van der Waals surface area contributed by atoms with E-state index in [1.54, 1.807) is 56.7 Å². The van der Waals surface area contributed by atoms with Gasteiger partial charge in [0.25, 0.3) is 0 Å². The molecule has 0 radical (unpaired) electrons. The molecule has 0 unspecified atom stereocenters. The second kappa shape index (κ2) is 7.13. The average Bonchev–Trinajstić information content (AvgIpc) is 2.91. The van der Waals surface area contributed by atoms with E-state index in [0.717, 1.165) is 16.1 Å². The molecular formula is C15H19N3O3S. The zero-order valence-corrected chi connectivity index (χ0v) is 14.1.